The Kier molecular flexibility index (Phi) is 5.99. The summed E-state index contributed by atoms with van der Waals surface area (Å²) in [5.41, 5.74) is 0.396. The first-order valence-electron chi connectivity index (χ1n) is 7.98. The average Bonchev–Trinajstić information content (AvgIpc) is 2.52. The molecule has 1 aliphatic rings. The summed E-state index contributed by atoms with van der Waals surface area (Å²) in [6.07, 6.45) is -2.99. The number of Topliss-reactive ketones (excluding diaryl/α,β-unsaturated/α-hetero) is 1. The number of carbonyl (C=O) groups excluding carboxylic acids is 1. The zero-order valence-electron chi connectivity index (χ0n) is 13.8. The van der Waals surface area contributed by atoms with E-state index in [1.165, 1.54) is 30.0 Å². The Morgan fingerprint density at radius 2 is 2.00 bits per heavy atom. The highest BCUT2D eigenvalue weighted by molar-refractivity contribution is 5.95. The number of benzene rings is 1. The predicted octanol–water partition coefficient (Wildman–Crippen LogP) is 3.48. The molecule has 0 aromatic heterocycles. The van der Waals surface area contributed by atoms with Crippen LogP contribution >= 0.6 is 0 Å². The van der Waals surface area contributed by atoms with E-state index in [2.05, 4.69) is 5.32 Å². The second-order valence-electron chi connectivity index (χ2n) is 6.26. The quantitative estimate of drug-likeness (QED) is 0.478. The molecule has 1 aromatic carbocycles. The first kappa shape index (κ1) is 19.2. The molecule has 1 fully saturated rings. The second kappa shape index (κ2) is 7.81. The molecule has 2 rings (SSSR count). The minimum absolute atomic E-state index is 0.150. The molecule has 0 spiro atoms. The van der Waals surface area contributed by atoms with Crippen molar-refractivity contribution in [2.75, 3.05) is 31.5 Å². The first-order chi connectivity index (χ1) is 11.7. The van der Waals surface area contributed by atoms with Crippen LogP contribution in [0, 0.1) is 16.0 Å². The topological polar surface area (TPSA) is 75.5 Å². The lowest BCUT2D eigenvalue weighted by molar-refractivity contribution is -0.384. The van der Waals surface area contributed by atoms with Crippen LogP contribution in [0.5, 0.6) is 0 Å². The van der Waals surface area contributed by atoms with Crippen molar-refractivity contribution in [3.05, 3.63) is 33.9 Å². The van der Waals surface area contributed by atoms with Crippen LogP contribution in [-0.4, -0.2) is 48.0 Å². The van der Waals surface area contributed by atoms with E-state index >= 15 is 0 Å². The third-order valence-electron chi connectivity index (χ3n) is 4.29. The summed E-state index contributed by atoms with van der Waals surface area (Å²) in [6.45, 7) is 1.60. The smallest absolute Gasteiger partial charge is 0.379 e. The molecule has 0 bridgehead atoms. The van der Waals surface area contributed by atoms with Gasteiger partial charge < -0.3 is 5.32 Å². The van der Waals surface area contributed by atoms with Gasteiger partial charge in [-0.15, -0.1) is 0 Å². The Hall–Kier alpha value is -2.16. The molecule has 1 saturated heterocycles. The van der Waals surface area contributed by atoms with E-state index in [0.29, 0.717) is 38.2 Å². The third-order valence-corrected chi connectivity index (χ3v) is 4.29. The van der Waals surface area contributed by atoms with Gasteiger partial charge in [0.05, 0.1) is 11.5 Å². The average molecular weight is 359 g/mol. The number of nitrogens with zero attached hydrogens (tertiary/aromatic N) is 2. The van der Waals surface area contributed by atoms with Crippen LogP contribution in [0.4, 0.5) is 24.5 Å². The van der Waals surface area contributed by atoms with Gasteiger partial charge in [-0.3, -0.25) is 19.8 Å². The number of ketones is 1. The number of nitrogens with one attached hydrogen (secondary N) is 1. The molecular weight excluding hydrogens is 339 g/mol. The Morgan fingerprint density at radius 3 is 2.52 bits per heavy atom. The minimum Gasteiger partial charge on any atom is -0.379 e. The maximum Gasteiger partial charge on any atom is 0.401 e. The molecule has 1 N–H and O–H groups in total. The highest BCUT2D eigenvalue weighted by Gasteiger charge is 2.32. The second-order valence-corrected chi connectivity index (χ2v) is 6.26. The van der Waals surface area contributed by atoms with Gasteiger partial charge in [0.25, 0.3) is 5.69 Å². The minimum atomic E-state index is -4.19. The van der Waals surface area contributed by atoms with Gasteiger partial charge in [0.15, 0.2) is 5.78 Å². The van der Waals surface area contributed by atoms with Crippen molar-refractivity contribution in [3.63, 3.8) is 0 Å². The van der Waals surface area contributed by atoms with Crippen LogP contribution in [0.2, 0.25) is 0 Å². The van der Waals surface area contributed by atoms with Gasteiger partial charge in [-0.1, -0.05) is 0 Å². The molecule has 1 aliphatic heterocycles. The molecule has 138 valence electrons. The van der Waals surface area contributed by atoms with Crippen LogP contribution in [0.15, 0.2) is 18.2 Å². The van der Waals surface area contributed by atoms with Gasteiger partial charge in [0.2, 0.25) is 0 Å². The summed E-state index contributed by atoms with van der Waals surface area (Å²) in [6, 6.07) is 4.24. The number of nitro groups is 1. The molecule has 0 atom stereocenters. The maximum atomic E-state index is 12.4. The number of rotatable bonds is 6. The maximum absolute atomic E-state index is 12.4. The van der Waals surface area contributed by atoms with Crippen LogP contribution in [0.1, 0.15) is 30.1 Å². The van der Waals surface area contributed by atoms with E-state index in [4.69, 9.17) is 0 Å². The first-order valence-corrected chi connectivity index (χ1v) is 7.98. The van der Waals surface area contributed by atoms with Crippen LogP contribution in [0.3, 0.4) is 0 Å². The summed E-state index contributed by atoms with van der Waals surface area (Å²) in [4.78, 5) is 23.3. The van der Waals surface area contributed by atoms with Crippen molar-refractivity contribution in [1.29, 1.82) is 0 Å². The number of hydrogen-bond acceptors (Lipinski definition) is 5. The molecule has 0 saturated carbocycles. The van der Waals surface area contributed by atoms with Gasteiger partial charge in [0, 0.05) is 18.2 Å². The molecule has 0 amide bonds. The van der Waals surface area contributed by atoms with E-state index in [1.54, 1.807) is 0 Å². The molecule has 6 nitrogen and oxygen atoms in total. The molecule has 1 heterocycles. The van der Waals surface area contributed by atoms with E-state index in [0.717, 1.165) is 0 Å². The highest BCUT2D eigenvalue weighted by atomic mass is 19.4. The fraction of sp³-hybridized carbons (Fsp3) is 0.562. The molecule has 1 aromatic rings. The number of hydrogen-bond donors (Lipinski definition) is 1. The van der Waals surface area contributed by atoms with E-state index in [9.17, 15) is 28.1 Å². The van der Waals surface area contributed by atoms with Gasteiger partial charge in [0.1, 0.15) is 5.69 Å². The third kappa shape index (κ3) is 5.70. The fourth-order valence-corrected chi connectivity index (χ4v) is 2.91. The summed E-state index contributed by atoms with van der Waals surface area (Å²) < 4.78 is 37.1. The van der Waals surface area contributed by atoms with Crippen LogP contribution in [-0.2, 0) is 0 Å². The standard InChI is InChI=1S/C16H20F3N3O3/c1-11(23)13-2-3-14(15(8-13)22(24)25)20-9-12-4-6-21(7-5-12)10-16(17,18)19/h2-3,8,12,20H,4-7,9-10H2,1H3. The number of likely N-dealkylation sites (tertiary alicyclic amines) is 1. The number of anilines is 1. The Balaban J connectivity index is 1.92. The van der Waals surface area contributed by atoms with Crippen molar-refractivity contribution in [2.24, 2.45) is 5.92 Å². The van der Waals surface area contributed by atoms with E-state index in [1.807, 2.05) is 0 Å². The summed E-state index contributed by atoms with van der Waals surface area (Å²) in [5.74, 6) is -0.108. The number of halogens is 3. The van der Waals surface area contributed by atoms with Crippen LogP contribution in [0.25, 0.3) is 0 Å². The fourth-order valence-electron chi connectivity index (χ4n) is 2.91. The molecular formula is C16H20F3N3O3. The molecule has 0 unspecified atom stereocenters. The Bertz CT molecular complexity index is 641. The lowest BCUT2D eigenvalue weighted by Crippen LogP contribution is -2.41. The van der Waals surface area contributed by atoms with Gasteiger partial charge in [-0.25, -0.2) is 0 Å². The lowest BCUT2D eigenvalue weighted by atomic mass is 9.96. The predicted molar refractivity (Wildman–Crippen MR) is 86.8 cm³/mol. The van der Waals surface area contributed by atoms with Gasteiger partial charge in [-0.2, -0.15) is 13.2 Å². The van der Waals surface area contributed by atoms with Crippen LogP contribution < -0.4 is 5.32 Å². The van der Waals surface area contributed by atoms with Gasteiger partial charge >= 0.3 is 6.18 Å². The summed E-state index contributed by atoms with van der Waals surface area (Å²) in [7, 11) is 0. The van der Waals surface area contributed by atoms with Crippen molar-refractivity contribution >= 4 is 17.2 Å². The molecule has 9 heteroatoms. The number of alkyl halides is 3. The normalized spacial score (nSPS) is 16.6. The number of nitro benzene ring substituents is 1. The Labute approximate surface area is 143 Å². The molecule has 0 radical (unpaired) electrons. The Morgan fingerprint density at radius 1 is 1.36 bits per heavy atom. The monoisotopic (exact) mass is 359 g/mol. The van der Waals surface area contributed by atoms with E-state index < -0.39 is 17.6 Å². The SMILES string of the molecule is CC(=O)c1ccc(NCC2CCN(CC(F)(F)F)CC2)c([N+](=O)[O-])c1. The zero-order chi connectivity index (χ0) is 18.6. The van der Waals surface area contributed by atoms with Crippen molar-refractivity contribution in [2.45, 2.75) is 25.9 Å². The lowest BCUT2D eigenvalue weighted by Gasteiger charge is -2.32. The summed E-state index contributed by atoms with van der Waals surface area (Å²) >= 11 is 0. The molecule has 25 heavy (non-hydrogen) atoms. The van der Waals surface area contributed by atoms with E-state index in [-0.39, 0.29) is 23.0 Å². The zero-order valence-corrected chi connectivity index (χ0v) is 13.8. The number of piperidine rings is 1. The molecule has 0 aliphatic carbocycles. The van der Waals surface area contributed by atoms with Crippen molar-refractivity contribution in [1.82, 2.24) is 4.90 Å². The van der Waals surface area contributed by atoms with Crippen molar-refractivity contribution in [3.8, 4) is 0 Å². The number of carbonyl (C=O) groups is 1. The highest BCUT2D eigenvalue weighted by Crippen LogP contribution is 2.28. The van der Waals surface area contributed by atoms with Crippen molar-refractivity contribution < 1.29 is 22.9 Å². The largest absolute Gasteiger partial charge is 0.401 e. The van der Waals surface area contributed by atoms with Gasteiger partial charge in [-0.05, 0) is 50.9 Å². The summed E-state index contributed by atoms with van der Waals surface area (Å²) in [5, 5.41) is 14.2.